The van der Waals surface area contributed by atoms with Gasteiger partial charge in [0.05, 0.1) is 5.56 Å². The fourth-order valence-corrected chi connectivity index (χ4v) is 3.47. The molecule has 7 heteroatoms. The molecule has 2 N–H and O–H groups in total. The minimum absolute atomic E-state index is 0.139. The summed E-state index contributed by atoms with van der Waals surface area (Å²) in [5.41, 5.74) is 3.56. The van der Waals surface area contributed by atoms with Crippen LogP contribution in [0.4, 0.5) is 5.00 Å². The number of rotatable bonds is 4. The first kappa shape index (κ1) is 18.9. The molecule has 1 aromatic heterocycles. The number of anilines is 1. The number of hydrogen-bond donors (Lipinski definition) is 2. The highest BCUT2D eigenvalue weighted by Gasteiger charge is 2.14. The Morgan fingerprint density at radius 3 is 2.68 bits per heavy atom. The predicted octanol–water partition coefficient (Wildman–Crippen LogP) is 3.75. The van der Waals surface area contributed by atoms with Gasteiger partial charge in [-0.3, -0.25) is 10.1 Å². The van der Waals surface area contributed by atoms with Gasteiger partial charge in [0.2, 0.25) is 0 Å². The number of carbonyl (C=O) groups excluding carboxylic acids is 1. The van der Waals surface area contributed by atoms with Crippen LogP contribution in [-0.2, 0) is 4.79 Å². The first-order valence-electron chi connectivity index (χ1n) is 7.63. The molecule has 5 nitrogen and oxygen atoms in total. The van der Waals surface area contributed by atoms with Crippen molar-refractivity contribution in [2.75, 3.05) is 11.9 Å². The molecule has 0 aliphatic heterocycles. The molecule has 1 aromatic carbocycles. The first-order chi connectivity index (χ1) is 11.8. The van der Waals surface area contributed by atoms with Crippen molar-refractivity contribution in [3.05, 3.63) is 45.3 Å². The third-order valence-electron chi connectivity index (χ3n) is 3.89. The maximum Gasteiger partial charge on any atom is 0.264 e. The summed E-state index contributed by atoms with van der Waals surface area (Å²) < 4.78 is 5.55. The van der Waals surface area contributed by atoms with Gasteiger partial charge in [-0.05, 0) is 62.7 Å². The van der Waals surface area contributed by atoms with Gasteiger partial charge in [0, 0.05) is 4.88 Å². The molecule has 0 unspecified atom stereocenters. The number of hydrogen-bond acceptors (Lipinski definition) is 5. The summed E-state index contributed by atoms with van der Waals surface area (Å²) in [6, 6.07) is 7.84. The summed E-state index contributed by atoms with van der Waals surface area (Å²) in [7, 11) is 0. The van der Waals surface area contributed by atoms with E-state index in [1.54, 1.807) is 0 Å². The van der Waals surface area contributed by atoms with E-state index in [1.807, 2.05) is 45.9 Å². The van der Waals surface area contributed by atoms with E-state index in [4.69, 9.17) is 17.0 Å². The molecule has 2 rings (SSSR count). The molecule has 0 fully saturated rings. The van der Waals surface area contributed by atoms with Gasteiger partial charge in [-0.2, -0.15) is 5.26 Å². The zero-order valence-electron chi connectivity index (χ0n) is 14.5. The Labute approximate surface area is 156 Å². The molecular weight excluding hydrogens is 354 g/mol. The Kier molecular flexibility index (Phi) is 6.12. The minimum atomic E-state index is -0.359. The first-order valence-corrected chi connectivity index (χ1v) is 8.86. The lowest BCUT2D eigenvalue weighted by Crippen LogP contribution is -2.37. The number of nitrogens with zero attached hydrogens (tertiary/aromatic N) is 1. The number of nitrogens with one attached hydrogen (secondary N) is 2. The van der Waals surface area contributed by atoms with Crippen molar-refractivity contribution in [1.29, 1.82) is 5.26 Å². The van der Waals surface area contributed by atoms with Crippen LogP contribution in [0, 0.1) is 39.0 Å². The van der Waals surface area contributed by atoms with E-state index in [1.165, 1.54) is 11.3 Å². The maximum absolute atomic E-state index is 12.0. The van der Waals surface area contributed by atoms with Crippen LogP contribution in [0.1, 0.15) is 27.1 Å². The van der Waals surface area contributed by atoms with Crippen LogP contribution in [0.25, 0.3) is 0 Å². The highest BCUT2D eigenvalue weighted by molar-refractivity contribution is 7.80. The zero-order valence-corrected chi connectivity index (χ0v) is 16.2. The van der Waals surface area contributed by atoms with Crippen LogP contribution in [0.2, 0.25) is 0 Å². The number of aryl methyl sites for hydroxylation is 2. The third kappa shape index (κ3) is 4.56. The molecule has 0 aliphatic rings. The Hall–Kier alpha value is -2.43. The standard InChI is InChI=1S/C18H19N3O2S2/c1-10-6-5-7-15(11(10)2)23-9-16(22)20-18(24)21-17-14(8-19)12(3)13(4)25-17/h5-7H,9H2,1-4H3,(H2,20,21,22,24). The molecule has 0 atom stereocenters. The van der Waals surface area contributed by atoms with Crippen molar-refractivity contribution in [2.24, 2.45) is 0 Å². The van der Waals surface area contributed by atoms with Crippen LogP contribution >= 0.6 is 23.6 Å². The van der Waals surface area contributed by atoms with Gasteiger partial charge < -0.3 is 10.1 Å². The number of thiophene rings is 1. The minimum Gasteiger partial charge on any atom is -0.483 e. The summed E-state index contributed by atoms with van der Waals surface area (Å²) in [6.07, 6.45) is 0. The number of thiocarbonyl (C=S) groups is 1. The SMILES string of the molecule is Cc1cccc(OCC(=O)NC(=S)Nc2sc(C)c(C)c2C#N)c1C. The maximum atomic E-state index is 12.0. The molecule has 2 aromatic rings. The fourth-order valence-electron chi connectivity index (χ4n) is 2.17. The van der Waals surface area contributed by atoms with Crippen molar-refractivity contribution < 1.29 is 9.53 Å². The van der Waals surface area contributed by atoms with Crippen LogP contribution in [-0.4, -0.2) is 17.6 Å². The second-order valence-corrected chi connectivity index (χ2v) is 7.22. The quantitative estimate of drug-likeness (QED) is 0.799. The van der Waals surface area contributed by atoms with Gasteiger partial charge in [-0.15, -0.1) is 11.3 Å². The second kappa shape index (κ2) is 8.10. The molecule has 1 heterocycles. The van der Waals surface area contributed by atoms with Gasteiger partial charge >= 0.3 is 0 Å². The predicted molar refractivity (Wildman–Crippen MR) is 104 cm³/mol. The number of carbonyl (C=O) groups is 1. The van der Waals surface area contributed by atoms with Crippen LogP contribution in [0.3, 0.4) is 0 Å². The molecule has 25 heavy (non-hydrogen) atoms. The molecule has 0 spiro atoms. The lowest BCUT2D eigenvalue weighted by Gasteiger charge is -2.12. The van der Waals surface area contributed by atoms with Gasteiger partial charge in [-0.1, -0.05) is 12.1 Å². The lowest BCUT2D eigenvalue weighted by atomic mass is 10.1. The number of amides is 1. The normalized spacial score (nSPS) is 10.0. The van der Waals surface area contributed by atoms with E-state index in [2.05, 4.69) is 16.7 Å². The Bertz CT molecular complexity index is 866. The van der Waals surface area contributed by atoms with Crippen molar-refractivity contribution in [2.45, 2.75) is 27.7 Å². The van der Waals surface area contributed by atoms with Gasteiger partial charge in [0.25, 0.3) is 5.91 Å². The Morgan fingerprint density at radius 1 is 1.28 bits per heavy atom. The van der Waals surface area contributed by atoms with Crippen LogP contribution in [0.5, 0.6) is 5.75 Å². The van der Waals surface area contributed by atoms with Crippen molar-refractivity contribution >= 4 is 39.6 Å². The smallest absolute Gasteiger partial charge is 0.264 e. The molecule has 1 amide bonds. The van der Waals surface area contributed by atoms with E-state index >= 15 is 0 Å². The molecule has 0 bridgehead atoms. The fraction of sp³-hybridized carbons (Fsp3) is 0.278. The third-order valence-corrected chi connectivity index (χ3v) is 5.22. The molecular formula is C18H19N3O2S2. The summed E-state index contributed by atoms with van der Waals surface area (Å²) >= 11 is 6.58. The van der Waals surface area contributed by atoms with Crippen LogP contribution in [0.15, 0.2) is 18.2 Å². The van der Waals surface area contributed by atoms with Crippen molar-refractivity contribution in [3.63, 3.8) is 0 Å². The topological polar surface area (TPSA) is 74.2 Å². The van der Waals surface area contributed by atoms with Gasteiger partial charge in [-0.25, -0.2) is 0 Å². The van der Waals surface area contributed by atoms with Crippen LogP contribution < -0.4 is 15.4 Å². The molecule has 0 saturated carbocycles. The van der Waals surface area contributed by atoms with E-state index in [0.29, 0.717) is 16.3 Å². The van der Waals surface area contributed by atoms with E-state index in [-0.39, 0.29) is 17.6 Å². The lowest BCUT2D eigenvalue weighted by molar-refractivity contribution is -0.121. The molecule has 0 aliphatic carbocycles. The van der Waals surface area contributed by atoms with E-state index < -0.39 is 0 Å². The highest BCUT2D eigenvalue weighted by atomic mass is 32.1. The van der Waals surface area contributed by atoms with Gasteiger partial charge in [0.1, 0.15) is 16.8 Å². The number of benzene rings is 1. The second-order valence-electron chi connectivity index (χ2n) is 5.59. The number of ether oxygens (including phenoxy) is 1. The van der Waals surface area contributed by atoms with Crippen molar-refractivity contribution in [1.82, 2.24) is 5.32 Å². The monoisotopic (exact) mass is 373 g/mol. The Balaban J connectivity index is 1.93. The molecule has 130 valence electrons. The summed E-state index contributed by atoms with van der Waals surface area (Å²) in [4.78, 5) is 13.0. The molecule has 0 saturated heterocycles. The summed E-state index contributed by atoms with van der Waals surface area (Å²) in [5.74, 6) is 0.312. The average Bonchev–Trinajstić information content (AvgIpc) is 2.82. The largest absolute Gasteiger partial charge is 0.483 e. The number of nitriles is 1. The molecule has 0 radical (unpaired) electrons. The zero-order chi connectivity index (χ0) is 18.6. The average molecular weight is 374 g/mol. The Morgan fingerprint density at radius 2 is 2.00 bits per heavy atom. The summed E-state index contributed by atoms with van der Waals surface area (Å²) in [6.45, 7) is 7.61. The summed E-state index contributed by atoms with van der Waals surface area (Å²) in [5, 5.41) is 15.5. The van der Waals surface area contributed by atoms with E-state index in [0.717, 1.165) is 21.6 Å². The van der Waals surface area contributed by atoms with E-state index in [9.17, 15) is 10.1 Å². The van der Waals surface area contributed by atoms with Crippen molar-refractivity contribution in [3.8, 4) is 11.8 Å². The van der Waals surface area contributed by atoms with Gasteiger partial charge in [0.15, 0.2) is 11.7 Å². The highest BCUT2D eigenvalue weighted by Crippen LogP contribution is 2.31.